The minimum atomic E-state index is -0.188. The molecule has 0 N–H and O–H groups in total. The van der Waals surface area contributed by atoms with Crippen molar-refractivity contribution in [2.24, 2.45) is 0 Å². The molecule has 1 heteroatoms. The highest BCUT2D eigenvalue weighted by Gasteiger charge is 1.90. The van der Waals surface area contributed by atoms with Crippen LogP contribution in [-0.2, 0) is 6.42 Å². The number of benzene rings is 1. The van der Waals surface area contributed by atoms with Crippen LogP contribution in [-0.4, -0.2) is 6.67 Å². The van der Waals surface area contributed by atoms with Crippen molar-refractivity contribution in [1.82, 2.24) is 0 Å². The first-order valence-electron chi connectivity index (χ1n) is 4.03. The fourth-order valence-electron chi connectivity index (χ4n) is 1.07. The number of hydrogen-bond acceptors (Lipinski definition) is 0. The summed E-state index contributed by atoms with van der Waals surface area (Å²) < 4.78 is 11.7. The summed E-state index contributed by atoms with van der Waals surface area (Å²) in [6.07, 6.45) is 2.65. The number of alkyl halides is 1. The average Bonchev–Trinajstić information content (AvgIpc) is 2.07. The molecule has 0 atom stereocenters. The summed E-state index contributed by atoms with van der Waals surface area (Å²) in [5, 5.41) is 0. The van der Waals surface area contributed by atoms with Crippen LogP contribution in [0.1, 0.15) is 18.4 Å². The highest BCUT2D eigenvalue weighted by Crippen LogP contribution is 2.03. The fraction of sp³-hybridized carbons (Fsp3) is 0.400. The van der Waals surface area contributed by atoms with Crippen LogP contribution in [0.2, 0.25) is 0 Å². The van der Waals surface area contributed by atoms with Crippen molar-refractivity contribution in [3.8, 4) is 0 Å². The van der Waals surface area contributed by atoms with Crippen molar-refractivity contribution in [3.05, 3.63) is 35.9 Å². The molecule has 1 rings (SSSR count). The van der Waals surface area contributed by atoms with E-state index in [0.717, 1.165) is 12.8 Å². The topological polar surface area (TPSA) is 0 Å². The molecule has 0 fully saturated rings. The second-order valence-electron chi connectivity index (χ2n) is 2.63. The van der Waals surface area contributed by atoms with Crippen LogP contribution < -0.4 is 0 Å². The molecule has 0 unspecified atom stereocenters. The molecule has 1 aromatic carbocycles. The first kappa shape index (κ1) is 8.25. The second kappa shape index (κ2) is 4.89. The minimum absolute atomic E-state index is 0.188. The van der Waals surface area contributed by atoms with Gasteiger partial charge in [0.05, 0.1) is 6.67 Å². The van der Waals surface area contributed by atoms with Gasteiger partial charge in [-0.05, 0) is 24.8 Å². The van der Waals surface area contributed by atoms with E-state index in [-0.39, 0.29) is 6.67 Å². The van der Waals surface area contributed by atoms with Gasteiger partial charge < -0.3 is 0 Å². The van der Waals surface area contributed by atoms with E-state index < -0.39 is 0 Å². The minimum Gasteiger partial charge on any atom is -0.251 e. The van der Waals surface area contributed by atoms with Crippen LogP contribution in [0, 0.1) is 0 Å². The van der Waals surface area contributed by atoms with Gasteiger partial charge in [0.1, 0.15) is 0 Å². The smallest absolute Gasteiger partial charge is 0.0894 e. The average molecular weight is 151 g/mol. The summed E-state index contributed by atoms with van der Waals surface area (Å²) in [5.74, 6) is 0. The van der Waals surface area contributed by atoms with E-state index >= 15 is 0 Å². The Labute approximate surface area is 67.1 Å². The quantitative estimate of drug-likeness (QED) is 0.580. The van der Waals surface area contributed by atoms with Gasteiger partial charge in [0, 0.05) is 0 Å². The normalized spacial score (nSPS) is 9.91. The fourth-order valence-corrected chi connectivity index (χ4v) is 1.07. The Morgan fingerprint density at radius 1 is 1.00 bits per heavy atom. The van der Waals surface area contributed by atoms with Gasteiger partial charge in [-0.1, -0.05) is 30.3 Å². The Balaban J connectivity index is 2.28. The van der Waals surface area contributed by atoms with Crippen molar-refractivity contribution in [2.45, 2.75) is 19.3 Å². The summed E-state index contributed by atoms with van der Waals surface area (Å²) in [4.78, 5) is 0. The number of aryl methyl sites for hydroxylation is 1. The molecule has 11 heavy (non-hydrogen) atoms. The van der Waals surface area contributed by atoms with E-state index in [1.54, 1.807) is 0 Å². The van der Waals surface area contributed by atoms with E-state index in [1.807, 2.05) is 18.2 Å². The zero-order chi connectivity index (χ0) is 7.94. The van der Waals surface area contributed by atoms with E-state index in [9.17, 15) is 4.39 Å². The maximum absolute atomic E-state index is 11.7. The maximum atomic E-state index is 11.7. The predicted octanol–water partition coefficient (Wildman–Crippen LogP) is 2.98. The zero-order valence-electron chi connectivity index (χ0n) is 6.59. The molecule has 0 saturated carbocycles. The van der Waals surface area contributed by atoms with Crippen LogP contribution in [0.4, 0.5) is 4.39 Å². The van der Waals surface area contributed by atoms with Crippen LogP contribution in [0.25, 0.3) is 0 Å². The Kier molecular flexibility index (Phi) is 3.67. The van der Waals surface area contributed by atoms with Gasteiger partial charge in [-0.2, -0.15) is 0 Å². The van der Waals surface area contributed by atoms with Gasteiger partial charge in [0.25, 0.3) is 0 Å². The van der Waals surface area contributed by atoms with Crippen molar-refractivity contribution in [3.63, 3.8) is 0 Å². The monoisotopic (exact) mass is 151 g/mol. The van der Waals surface area contributed by atoms with Crippen molar-refractivity contribution in [1.29, 1.82) is 0 Å². The summed E-state index contributed by atoms with van der Waals surface area (Å²) in [6.45, 7) is -0.188. The second-order valence-corrected chi connectivity index (χ2v) is 2.63. The Bertz CT molecular complexity index is 181. The van der Waals surface area contributed by atoms with Crippen molar-refractivity contribution < 1.29 is 4.39 Å². The molecule has 0 spiro atoms. The molecule has 0 amide bonds. The number of rotatable bonds is 4. The summed E-state index contributed by atoms with van der Waals surface area (Å²) in [5.41, 5.74) is 1.31. The van der Waals surface area contributed by atoms with E-state index in [4.69, 9.17) is 0 Å². The molecule has 60 valence electrons. The van der Waals surface area contributed by atoms with E-state index in [2.05, 4.69) is 12.1 Å². The largest absolute Gasteiger partial charge is 0.251 e. The molecule has 0 nitrogen and oxygen atoms in total. The molecule has 0 aromatic heterocycles. The third kappa shape index (κ3) is 3.17. The SMILES string of the molecule is [18F]CCCCc1ccccc1. The Morgan fingerprint density at radius 3 is 2.36 bits per heavy atom. The molecule has 0 bridgehead atoms. The van der Waals surface area contributed by atoms with E-state index in [1.165, 1.54) is 5.56 Å². The van der Waals surface area contributed by atoms with Crippen molar-refractivity contribution >= 4 is 0 Å². The van der Waals surface area contributed by atoms with Crippen LogP contribution >= 0.6 is 0 Å². The Morgan fingerprint density at radius 2 is 1.73 bits per heavy atom. The standard InChI is InChI=1S/C10H13F/c11-9-5-4-8-10-6-2-1-3-7-10/h1-3,6-7H,4-5,8-9H2/i11-1. The van der Waals surface area contributed by atoms with Crippen molar-refractivity contribution in [2.75, 3.05) is 6.67 Å². The van der Waals surface area contributed by atoms with Gasteiger partial charge in [-0.3, -0.25) is 4.39 Å². The summed E-state index contributed by atoms with van der Waals surface area (Å²) >= 11 is 0. The highest BCUT2D eigenvalue weighted by molar-refractivity contribution is 5.14. The lowest BCUT2D eigenvalue weighted by atomic mass is 10.1. The van der Waals surface area contributed by atoms with Gasteiger partial charge >= 0.3 is 0 Å². The lowest BCUT2D eigenvalue weighted by Crippen LogP contribution is -1.85. The van der Waals surface area contributed by atoms with Crippen LogP contribution in [0.3, 0.4) is 0 Å². The number of hydrogen-bond donors (Lipinski definition) is 0. The third-order valence-electron chi connectivity index (χ3n) is 1.69. The number of halogens is 1. The maximum Gasteiger partial charge on any atom is 0.0894 e. The lowest BCUT2D eigenvalue weighted by molar-refractivity contribution is 0.462. The zero-order valence-corrected chi connectivity index (χ0v) is 6.59. The Hall–Kier alpha value is -0.850. The third-order valence-corrected chi connectivity index (χ3v) is 1.69. The molecule has 0 radical (unpaired) electrons. The molecule has 0 heterocycles. The highest BCUT2D eigenvalue weighted by atomic mass is 18.2. The molecule has 0 saturated heterocycles. The van der Waals surface area contributed by atoms with Crippen LogP contribution in [0.5, 0.6) is 0 Å². The predicted molar refractivity (Wildman–Crippen MR) is 45.4 cm³/mol. The lowest BCUT2D eigenvalue weighted by Gasteiger charge is -1.97. The molecule has 1 aromatic rings. The molecule has 0 aliphatic heterocycles. The van der Waals surface area contributed by atoms with Gasteiger partial charge in [-0.25, -0.2) is 0 Å². The first-order chi connectivity index (χ1) is 5.43. The van der Waals surface area contributed by atoms with E-state index in [0.29, 0.717) is 6.42 Å². The molecular weight excluding hydrogens is 138 g/mol. The molecular formula is C10H13F. The molecule has 0 aliphatic rings. The van der Waals surface area contributed by atoms with Gasteiger partial charge in [0.2, 0.25) is 0 Å². The molecule has 0 aliphatic carbocycles. The summed E-state index contributed by atoms with van der Waals surface area (Å²) in [7, 11) is 0. The van der Waals surface area contributed by atoms with Gasteiger partial charge in [-0.15, -0.1) is 0 Å². The summed E-state index contributed by atoms with van der Waals surface area (Å²) in [6, 6.07) is 10.2. The first-order valence-corrected chi connectivity index (χ1v) is 4.03. The van der Waals surface area contributed by atoms with Gasteiger partial charge in [0.15, 0.2) is 0 Å². The van der Waals surface area contributed by atoms with Crippen LogP contribution in [0.15, 0.2) is 30.3 Å². The number of unbranched alkanes of at least 4 members (excludes halogenated alkanes) is 1.